The molecule has 0 N–H and O–H groups in total. The zero-order valence-corrected chi connectivity index (χ0v) is 13.0. The van der Waals surface area contributed by atoms with Gasteiger partial charge in [0.1, 0.15) is 5.75 Å². The Morgan fingerprint density at radius 1 is 1.40 bits per heavy atom. The molecule has 0 bridgehead atoms. The number of sulfone groups is 1. The zero-order chi connectivity index (χ0) is 14.6. The molecule has 0 amide bonds. The van der Waals surface area contributed by atoms with Crippen LogP contribution in [0.15, 0.2) is 24.3 Å². The molecule has 1 saturated heterocycles. The van der Waals surface area contributed by atoms with E-state index in [4.69, 9.17) is 4.74 Å². The molecule has 0 saturated carbocycles. The van der Waals surface area contributed by atoms with E-state index in [-0.39, 0.29) is 6.04 Å². The molecule has 5 heteroatoms. The van der Waals surface area contributed by atoms with Crippen LogP contribution in [0.1, 0.15) is 18.9 Å². The first-order valence-electron chi connectivity index (χ1n) is 7.07. The predicted molar refractivity (Wildman–Crippen MR) is 81.0 cm³/mol. The highest BCUT2D eigenvalue weighted by Gasteiger charge is 2.27. The Morgan fingerprint density at radius 2 is 2.20 bits per heavy atom. The Balaban J connectivity index is 1.81. The van der Waals surface area contributed by atoms with Crippen LogP contribution in [0.3, 0.4) is 0 Å². The van der Waals surface area contributed by atoms with Gasteiger partial charge in [-0.3, -0.25) is 4.90 Å². The summed E-state index contributed by atoms with van der Waals surface area (Å²) in [5.74, 6) is 1.49. The van der Waals surface area contributed by atoms with Gasteiger partial charge < -0.3 is 4.74 Å². The van der Waals surface area contributed by atoms with Gasteiger partial charge in [-0.15, -0.1) is 0 Å². The molecule has 1 fully saturated rings. The highest BCUT2D eigenvalue weighted by molar-refractivity contribution is 7.91. The van der Waals surface area contributed by atoms with Crippen LogP contribution in [0.4, 0.5) is 0 Å². The van der Waals surface area contributed by atoms with Crippen LogP contribution >= 0.6 is 0 Å². The van der Waals surface area contributed by atoms with E-state index in [9.17, 15) is 8.42 Å². The van der Waals surface area contributed by atoms with Crippen molar-refractivity contribution in [2.24, 2.45) is 0 Å². The maximum atomic E-state index is 11.5. The molecule has 0 radical (unpaired) electrons. The van der Waals surface area contributed by atoms with E-state index in [0.717, 1.165) is 25.1 Å². The summed E-state index contributed by atoms with van der Waals surface area (Å²) in [6, 6.07) is 8.25. The molecule has 1 atom stereocenters. The number of ether oxygens (including phenoxy) is 1. The van der Waals surface area contributed by atoms with Crippen LogP contribution in [0.25, 0.3) is 0 Å². The number of nitrogens with zero attached hydrogens (tertiary/aromatic N) is 1. The highest BCUT2D eigenvalue weighted by Crippen LogP contribution is 2.16. The van der Waals surface area contributed by atoms with Crippen LogP contribution in [0, 0.1) is 0 Å². The molecule has 1 heterocycles. The van der Waals surface area contributed by atoms with Gasteiger partial charge >= 0.3 is 0 Å². The smallest absolute Gasteiger partial charge is 0.153 e. The van der Waals surface area contributed by atoms with Crippen molar-refractivity contribution in [3.63, 3.8) is 0 Å². The van der Waals surface area contributed by atoms with E-state index in [1.807, 2.05) is 19.1 Å². The summed E-state index contributed by atoms with van der Waals surface area (Å²) in [4.78, 5) is 2.28. The van der Waals surface area contributed by atoms with Crippen LogP contribution < -0.4 is 4.74 Å². The first-order valence-corrected chi connectivity index (χ1v) is 8.90. The number of methoxy groups -OCH3 is 1. The number of benzene rings is 1. The molecule has 0 unspecified atom stereocenters. The van der Waals surface area contributed by atoms with E-state index >= 15 is 0 Å². The van der Waals surface area contributed by atoms with Crippen LogP contribution in [0.5, 0.6) is 5.75 Å². The molecule has 112 valence electrons. The predicted octanol–water partition coefficient (Wildman–Crippen LogP) is 1.75. The maximum absolute atomic E-state index is 11.5. The minimum Gasteiger partial charge on any atom is -0.497 e. The van der Waals surface area contributed by atoms with E-state index in [2.05, 4.69) is 17.0 Å². The number of aryl methyl sites for hydroxylation is 1. The molecule has 0 aromatic heterocycles. The average Bonchev–Trinajstić information content (AvgIpc) is 2.41. The molecule has 2 rings (SSSR count). The van der Waals surface area contributed by atoms with Crippen molar-refractivity contribution in [1.82, 2.24) is 4.90 Å². The molecule has 1 aromatic carbocycles. The van der Waals surface area contributed by atoms with Crippen LogP contribution in [-0.2, 0) is 16.3 Å². The summed E-state index contributed by atoms with van der Waals surface area (Å²) in [5.41, 5.74) is 1.27. The molecular formula is C15H23NO3S. The van der Waals surface area contributed by atoms with Gasteiger partial charge in [-0.2, -0.15) is 0 Å². The van der Waals surface area contributed by atoms with Crippen molar-refractivity contribution < 1.29 is 13.2 Å². The largest absolute Gasteiger partial charge is 0.497 e. The van der Waals surface area contributed by atoms with E-state index in [0.29, 0.717) is 18.1 Å². The maximum Gasteiger partial charge on any atom is 0.153 e. The lowest BCUT2D eigenvalue weighted by molar-refractivity contribution is 0.224. The summed E-state index contributed by atoms with van der Waals surface area (Å²) in [7, 11) is -1.13. The summed E-state index contributed by atoms with van der Waals surface area (Å²) < 4.78 is 28.3. The van der Waals surface area contributed by atoms with Gasteiger partial charge in [0, 0.05) is 12.6 Å². The van der Waals surface area contributed by atoms with Crippen molar-refractivity contribution >= 4 is 9.84 Å². The second-order valence-electron chi connectivity index (χ2n) is 5.45. The standard InChI is InChI=1S/C15H23NO3S/c1-13-12-20(17,18)10-9-16(13)8-4-6-14-5-3-7-15(11-14)19-2/h3,5,7,11,13H,4,6,8-10,12H2,1-2H3/t13-/m0/s1. The van der Waals surface area contributed by atoms with Crippen LogP contribution in [-0.4, -0.2) is 51.1 Å². The molecule has 1 aromatic rings. The first-order chi connectivity index (χ1) is 9.50. The normalized spacial score (nSPS) is 22.6. The van der Waals surface area contributed by atoms with E-state index in [1.165, 1.54) is 5.56 Å². The Hall–Kier alpha value is -1.07. The van der Waals surface area contributed by atoms with Crippen molar-refractivity contribution in [3.8, 4) is 5.75 Å². The SMILES string of the molecule is COc1cccc(CCCN2CCS(=O)(=O)C[C@@H]2C)c1. The fraction of sp³-hybridized carbons (Fsp3) is 0.600. The van der Waals surface area contributed by atoms with E-state index in [1.54, 1.807) is 7.11 Å². The Morgan fingerprint density at radius 3 is 2.90 bits per heavy atom. The summed E-state index contributed by atoms with van der Waals surface area (Å²) in [5, 5.41) is 0. The Labute approximate surface area is 121 Å². The number of hydrogen-bond acceptors (Lipinski definition) is 4. The number of rotatable bonds is 5. The fourth-order valence-corrected chi connectivity index (χ4v) is 4.30. The molecule has 4 nitrogen and oxygen atoms in total. The van der Waals surface area contributed by atoms with Gasteiger partial charge in [0.15, 0.2) is 9.84 Å². The second-order valence-corrected chi connectivity index (χ2v) is 7.68. The lowest BCUT2D eigenvalue weighted by Gasteiger charge is -2.33. The minimum atomic E-state index is -2.81. The topological polar surface area (TPSA) is 46.6 Å². The lowest BCUT2D eigenvalue weighted by atomic mass is 10.1. The van der Waals surface area contributed by atoms with Gasteiger partial charge in [0.2, 0.25) is 0 Å². The van der Waals surface area contributed by atoms with Gasteiger partial charge in [-0.1, -0.05) is 12.1 Å². The number of hydrogen-bond donors (Lipinski definition) is 0. The third-order valence-electron chi connectivity index (χ3n) is 3.85. The summed E-state index contributed by atoms with van der Waals surface area (Å²) in [6.07, 6.45) is 2.03. The molecule has 1 aliphatic rings. The van der Waals surface area contributed by atoms with E-state index < -0.39 is 9.84 Å². The monoisotopic (exact) mass is 297 g/mol. The van der Waals surface area contributed by atoms with Crippen molar-refractivity contribution in [3.05, 3.63) is 29.8 Å². The molecule has 1 aliphatic heterocycles. The lowest BCUT2D eigenvalue weighted by Crippen LogP contribution is -2.47. The first kappa shape index (κ1) is 15.3. The molecular weight excluding hydrogens is 274 g/mol. The molecule has 0 aliphatic carbocycles. The summed E-state index contributed by atoms with van der Waals surface area (Å²) in [6.45, 7) is 3.62. The molecule has 20 heavy (non-hydrogen) atoms. The quantitative estimate of drug-likeness (QED) is 0.830. The average molecular weight is 297 g/mol. The fourth-order valence-electron chi connectivity index (χ4n) is 2.68. The van der Waals surface area contributed by atoms with Crippen LogP contribution in [0.2, 0.25) is 0 Å². The van der Waals surface area contributed by atoms with Crippen molar-refractivity contribution in [1.29, 1.82) is 0 Å². The van der Waals surface area contributed by atoms with Gasteiger partial charge in [-0.25, -0.2) is 8.42 Å². The van der Waals surface area contributed by atoms with Gasteiger partial charge in [0.25, 0.3) is 0 Å². The highest BCUT2D eigenvalue weighted by atomic mass is 32.2. The summed E-state index contributed by atoms with van der Waals surface area (Å²) >= 11 is 0. The van der Waals surface area contributed by atoms with Crippen molar-refractivity contribution in [2.45, 2.75) is 25.8 Å². The van der Waals surface area contributed by atoms with Gasteiger partial charge in [-0.05, 0) is 44.0 Å². The van der Waals surface area contributed by atoms with Gasteiger partial charge in [0.05, 0.1) is 18.6 Å². The Bertz CT molecular complexity index is 542. The third-order valence-corrected chi connectivity index (χ3v) is 5.65. The van der Waals surface area contributed by atoms with Crippen molar-refractivity contribution in [2.75, 3.05) is 31.7 Å². The Kier molecular flexibility index (Phi) is 5.05. The second kappa shape index (κ2) is 6.59. The molecule has 0 spiro atoms. The third kappa shape index (κ3) is 4.21. The zero-order valence-electron chi connectivity index (χ0n) is 12.2. The minimum absolute atomic E-state index is 0.138.